The van der Waals surface area contributed by atoms with Gasteiger partial charge in [0.1, 0.15) is 11.4 Å². The van der Waals surface area contributed by atoms with Crippen LogP contribution in [-0.4, -0.2) is 11.6 Å². The Morgan fingerprint density at radius 1 is 0.393 bits per heavy atom. The molecule has 298 valence electrons. The first-order chi connectivity index (χ1) is 25.5. The lowest BCUT2D eigenvalue weighted by atomic mass is 9.72. The molecule has 0 amide bonds. The molecule has 56 heavy (non-hydrogen) atoms. The number of carbonyl (C=O) groups is 2. The fourth-order valence-corrected chi connectivity index (χ4v) is 8.16. The average Bonchev–Trinajstić information content (AvgIpc) is 3.06. The quantitative estimate of drug-likeness (QED) is 0.170. The number of hydrogen-bond donors (Lipinski definition) is 0. The minimum Gasteiger partial charge on any atom is -0.289 e. The van der Waals surface area contributed by atoms with Crippen LogP contribution in [0.15, 0.2) is 90.6 Å². The zero-order valence-corrected chi connectivity index (χ0v) is 39.1. The van der Waals surface area contributed by atoms with Gasteiger partial charge in [-0.15, -0.1) is 10.2 Å². The Balaban J connectivity index is 1.89. The van der Waals surface area contributed by atoms with Crippen molar-refractivity contribution in [3.8, 4) is 11.1 Å². The number of ketones is 2. The van der Waals surface area contributed by atoms with Crippen LogP contribution in [-0.2, 0) is 9.59 Å². The summed E-state index contributed by atoms with van der Waals surface area (Å²) in [5.74, 6) is -0.0394. The molecule has 0 fully saturated rings. The first-order valence-corrected chi connectivity index (χ1v) is 20.4. The number of carbonyl (C=O) groups excluding carboxylic acids is 2. The van der Waals surface area contributed by atoms with Crippen LogP contribution in [0.3, 0.4) is 0 Å². The molecule has 0 atom stereocenters. The normalized spacial score (nSPS) is 16.1. The lowest BCUT2D eigenvalue weighted by molar-refractivity contribution is -0.114. The summed E-state index contributed by atoms with van der Waals surface area (Å²) in [4.78, 5) is 26.8. The summed E-state index contributed by atoms with van der Waals surface area (Å²) in [6.45, 7) is 23.7. The molecule has 0 aliphatic heterocycles. The third-order valence-electron chi connectivity index (χ3n) is 8.91. The predicted octanol–water partition coefficient (Wildman–Crippen LogP) is 17.6. The Morgan fingerprint density at radius 3 is 0.875 bits per heavy atom. The highest BCUT2D eigenvalue weighted by atomic mass is 35.5. The van der Waals surface area contributed by atoms with E-state index in [1.54, 1.807) is 24.3 Å². The third kappa shape index (κ3) is 9.61. The summed E-state index contributed by atoms with van der Waals surface area (Å²) in [5, 5.41) is 16.4. The van der Waals surface area contributed by atoms with E-state index >= 15 is 0 Å². The minimum absolute atomic E-state index is 0.0197. The first-order valence-electron chi connectivity index (χ1n) is 17.4. The Morgan fingerprint density at radius 2 is 0.643 bits per heavy atom. The first kappa shape index (κ1) is 46.4. The van der Waals surface area contributed by atoms with Crippen LogP contribution < -0.4 is 0 Å². The molecule has 0 heterocycles. The second-order valence-electron chi connectivity index (χ2n) is 17.5. The van der Waals surface area contributed by atoms with E-state index < -0.39 is 21.7 Å². The highest BCUT2D eigenvalue weighted by Crippen LogP contribution is 2.57. The van der Waals surface area contributed by atoms with Crippen LogP contribution in [0.25, 0.3) is 11.1 Å². The summed E-state index contributed by atoms with van der Waals surface area (Å²) in [6, 6.07) is 0. The molecule has 2 aromatic carbocycles. The van der Waals surface area contributed by atoms with E-state index in [-0.39, 0.29) is 74.2 Å². The van der Waals surface area contributed by atoms with Crippen LogP contribution in [0.5, 0.6) is 0 Å². The Hall–Kier alpha value is -2.26. The maximum Gasteiger partial charge on any atom is 0.186 e. The lowest BCUT2D eigenvalue weighted by Crippen LogP contribution is -2.27. The topological polar surface area (TPSA) is 83.6 Å². The molecule has 0 radical (unpaired) electrons. The number of allylic oxidation sites excluding steroid dienone is 10. The Labute approximate surface area is 369 Å². The number of Topliss-reactive ketones (excluding diaryl/α,β-unsaturated/α-hetero) is 2. The number of rotatable bonds is 5. The molecule has 0 spiro atoms. The maximum atomic E-state index is 13.4. The number of benzene rings is 2. The molecular formula is C42H42Cl8N4O2. The number of nitrogens with zero attached hydrogens (tertiary/aromatic N) is 4. The van der Waals surface area contributed by atoms with Gasteiger partial charge >= 0.3 is 0 Å². The van der Waals surface area contributed by atoms with Gasteiger partial charge in [0.15, 0.2) is 11.6 Å². The molecule has 0 bridgehead atoms. The van der Waals surface area contributed by atoms with E-state index in [1.807, 2.05) is 83.1 Å². The Bertz CT molecular complexity index is 2060. The van der Waals surface area contributed by atoms with Crippen molar-refractivity contribution in [2.75, 3.05) is 0 Å². The van der Waals surface area contributed by atoms with Crippen molar-refractivity contribution in [2.24, 2.45) is 42.1 Å². The molecule has 6 nitrogen and oxygen atoms in total. The van der Waals surface area contributed by atoms with Crippen LogP contribution in [0, 0.1) is 21.7 Å². The van der Waals surface area contributed by atoms with Crippen LogP contribution in [0.4, 0.5) is 11.4 Å². The van der Waals surface area contributed by atoms with Crippen LogP contribution in [0.2, 0.25) is 40.2 Å². The van der Waals surface area contributed by atoms with Gasteiger partial charge in [-0.05, 0) is 57.1 Å². The summed E-state index contributed by atoms with van der Waals surface area (Å²) in [7, 11) is 0. The lowest BCUT2D eigenvalue weighted by Gasteiger charge is -2.31. The second-order valence-corrected chi connectivity index (χ2v) is 20.6. The molecule has 0 N–H and O–H groups in total. The van der Waals surface area contributed by atoms with Gasteiger partial charge in [-0.25, -0.2) is 0 Å². The van der Waals surface area contributed by atoms with Crippen molar-refractivity contribution in [1.29, 1.82) is 0 Å². The van der Waals surface area contributed by atoms with Crippen molar-refractivity contribution in [3.05, 3.63) is 110 Å². The van der Waals surface area contributed by atoms with E-state index in [0.29, 0.717) is 33.4 Å². The summed E-state index contributed by atoms with van der Waals surface area (Å²) in [6.07, 6.45) is 10.1. The Kier molecular flexibility index (Phi) is 13.9. The largest absolute Gasteiger partial charge is 0.289 e. The van der Waals surface area contributed by atoms with Gasteiger partial charge in [-0.3, -0.25) is 9.59 Å². The number of halogens is 8. The monoisotopic (exact) mass is 914 g/mol. The second kappa shape index (κ2) is 16.8. The molecule has 2 aliphatic rings. The zero-order chi connectivity index (χ0) is 42.6. The van der Waals surface area contributed by atoms with E-state index in [9.17, 15) is 9.59 Å². The molecule has 4 rings (SSSR count). The standard InChI is InChI=1S/C42H42Cl8N4O2/c1-39(2,3)21-13-19(14-22(37(21)55)40(4,5)6)17-51-53-35-29(45)25(27(43)31(47)33(35)49)26-28(44)32(48)34(50)36(30(26)46)54-52-18-20-15-23(41(7,8)9)38(56)24(16-20)42(10,11)12/h13-18H,1-12H3. The molecule has 0 aromatic heterocycles. The zero-order valence-electron chi connectivity index (χ0n) is 33.1. The van der Waals surface area contributed by atoms with Crippen molar-refractivity contribution < 1.29 is 9.59 Å². The fourth-order valence-electron chi connectivity index (χ4n) is 5.84. The molecule has 2 aliphatic carbocycles. The third-order valence-corrected chi connectivity index (χ3v) is 12.3. The SMILES string of the molecule is CC(C)(C)C1=CC(=CN=Nc2c(Cl)c(Cl)c(Cl)c(-c3c(Cl)c(Cl)c(Cl)c(N=NC=C4C=C(C(C)(C)C)C(=O)C(C(C)(C)C)=C4)c3Cl)c2Cl)C=C(C(C)(C)C)C1=O. The van der Waals surface area contributed by atoms with E-state index in [2.05, 4.69) is 20.5 Å². The van der Waals surface area contributed by atoms with Crippen molar-refractivity contribution in [2.45, 2.75) is 83.1 Å². The smallest absolute Gasteiger partial charge is 0.186 e. The van der Waals surface area contributed by atoms with Crippen molar-refractivity contribution >= 4 is 116 Å². The van der Waals surface area contributed by atoms with Gasteiger partial charge in [0.25, 0.3) is 0 Å². The number of hydrogen-bond acceptors (Lipinski definition) is 6. The van der Waals surface area contributed by atoms with Gasteiger partial charge in [0.2, 0.25) is 0 Å². The van der Waals surface area contributed by atoms with Gasteiger partial charge in [0, 0.05) is 33.4 Å². The van der Waals surface area contributed by atoms with E-state index in [1.165, 1.54) is 12.4 Å². The molecule has 0 saturated carbocycles. The molecular weight excluding hydrogens is 876 g/mol. The molecule has 14 heteroatoms. The fraction of sp³-hybridized carbons (Fsp3) is 0.381. The van der Waals surface area contributed by atoms with Gasteiger partial charge < -0.3 is 0 Å². The molecule has 0 unspecified atom stereocenters. The van der Waals surface area contributed by atoms with E-state index in [4.69, 9.17) is 92.8 Å². The van der Waals surface area contributed by atoms with Gasteiger partial charge in [-0.1, -0.05) is 176 Å². The summed E-state index contributed by atoms with van der Waals surface area (Å²) in [5.41, 5.74) is 2.15. The predicted molar refractivity (Wildman–Crippen MR) is 237 cm³/mol. The van der Waals surface area contributed by atoms with Crippen molar-refractivity contribution in [3.63, 3.8) is 0 Å². The minimum atomic E-state index is -0.424. The highest BCUT2D eigenvalue weighted by molar-refractivity contribution is 6.56. The van der Waals surface area contributed by atoms with Gasteiger partial charge in [0.05, 0.1) is 52.6 Å². The van der Waals surface area contributed by atoms with Crippen molar-refractivity contribution in [1.82, 2.24) is 0 Å². The number of azo groups is 2. The van der Waals surface area contributed by atoms with Crippen LogP contribution >= 0.6 is 92.8 Å². The highest BCUT2D eigenvalue weighted by Gasteiger charge is 2.36. The maximum absolute atomic E-state index is 13.4. The summed E-state index contributed by atoms with van der Waals surface area (Å²) < 4.78 is 0. The average molecular weight is 918 g/mol. The summed E-state index contributed by atoms with van der Waals surface area (Å²) >= 11 is 54.1. The van der Waals surface area contributed by atoms with Crippen LogP contribution in [0.1, 0.15) is 83.1 Å². The van der Waals surface area contributed by atoms with E-state index in [0.717, 1.165) is 0 Å². The molecule has 2 aromatic rings. The van der Waals surface area contributed by atoms with Gasteiger partial charge in [-0.2, -0.15) is 10.2 Å². The molecule has 0 saturated heterocycles.